The van der Waals surface area contributed by atoms with Gasteiger partial charge in [0, 0.05) is 72.0 Å². The molecule has 0 saturated carbocycles. The first kappa shape index (κ1) is 23.2. The Labute approximate surface area is 186 Å². The summed E-state index contributed by atoms with van der Waals surface area (Å²) >= 11 is 0. The molecular formula is C23H37N7O. The lowest BCUT2D eigenvalue weighted by atomic mass is 10.2. The SMILES string of the molecule is CCOCCCN=C(NCCn1cnnc1CC)N1CCN(Cc2ccccc2)CC1. The normalized spacial score (nSPS) is 15.4. The van der Waals surface area contributed by atoms with Crippen molar-refractivity contribution in [3.63, 3.8) is 0 Å². The fourth-order valence-corrected chi connectivity index (χ4v) is 3.75. The van der Waals surface area contributed by atoms with Gasteiger partial charge in [-0.25, -0.2) is 0 Å². The molecule has 1 aromatic carbocycles. The number of hydrogen-bond acceptors (Lipinski definition) is 5. The summed E-state index contributed by atoms with van der Waals surface area (Å²) in [6.07, 6.45) is 3.64. The van der Waals surface area contributed by atoms with E-state index in [0.717, 1.165) is 90.2 Å². The molecule has 0 bridgehead atoms. The van der Waals surface area contributed by atoms with Crippen molar-refractivity contribution in [3.05, 3.63) is 48.0 Å². The molecule has 1 fully saturated rings. The van der Waals surface area contributed by atoms with Gasteiger partial charge in [-0.1, -0.05) is 37.3 Å². The van der Waals surface area contributed by atoms with E-state index in [9.17, 15) is 0 Å². The molecule has 1 aliphatic rings. The number of aliphatic imine (C=N–C) groups is 1. The van der Waals surface area contributed by atoms with Crippen LogP contribution in [-0.2, 0) is 24.2 Å². The molecule has 31 heavy (non-hydrogen) atoms. The maximum Gasteiger partial charge on any atom is 0.194 e. The van der Waals surface area contributed by atoms with E-state index in [1.807, 2.05) is 13.3 Å². The van der Waals surface area contributed by atoms with Crippen LogP contribution in [0.4, 0.5) is 0 Å². The number of guanidine groups is 1. The minimum Gasteiger partial charge on any atom is -0.382 e. The minimum absolute atomic E-state index is 0.761. The Kier molecular flexibility index (Phi) is 9.79. The molecule has 0 aliphatic carbocycles. The molecular weight excluding hydrogens is 390 g/mol. The predicted octanol–water partition coefficient (Wildman–Crippen LogP) is 2.03. The van der Waals surface area contributed by atoms with Crippen LogP contribution in [0.3, 0.4) is 0 Å². The maximum absolute atomic E-state index is 5.46. The first-order valence-electron chi connectivity index (χ1n) is 11.5. The minimum atomic E-state index is 0.761. The van der Waals surface area contributed by atoms with E-state index in [1.165, 1.54) is 5.56 Å². The first-order valence-corrected chi connectivity index (χ1v) is 11.5. The highest BCUT2D eigenvalue weighted by Crippen LogP contribution is 2.09. The number of nitrogens with zero attached hydrogens (tertiary/aromatic N) is 6. The lowest BCUT2D eigenvalue weighted by molar-refractivity contribution is 0.146. The third-order valence-electron chi connectivity index (χ3n) is 5.48. The number of rotatable bonds is 11. The van der Waals surface area contributed by atoms with Gasteiger partial charge in [-0.05, 0) is 18.9 Å². The lowest BCUT2D eigenvalue weighted by Gasteiger charge is -2.36. The van der Waals surface area contributed by atoms with Crippen molar-refractivity contribution in [2.45, 2.75) is 39.8 Å². The second-order valence-electron chi connectivity index (χ2n) is 7.73. The molecule has 2 heterocycles. The maximum atomic E-state index is 5.46. The highest BCUT2D eigenvalue weighted by Gasteiger charge is 2.19. The average molecular weight is 428 g/mol. The molecule has 0 spiro atoms. The molecule has 8 nitrogen and oxygen atoms in total. The molecule has 0 unspecified atom stereocenters. The van der Waals surface area contributed by atoms with E-state index in [2.05, 4.69) is 67.1 Å². The van der Waals surface area contributed by atoms with Crippen LogP contribution < -0.4 is 5.32 Å². The molecule has 1 aromatic heterocycles. The Morgan fingerprint density at radius 1 is 1.13 bits per heavy atom. The van der Waals surface area contributed by atoms with E-state index in [0.29, 0.717) is 0 Å². The third kappa shape index (κ3) is 7.63. The lowest BCUT2D eigenvalue weighted by Crippen LogP contribution is -2.52. The van der Waals surface area contributed by atoms with E-state index in [4.69, 9.17) is 9.73 Å². The summed E-state index contributed by atoms with van der Waals surface area (Å²) in [7, 11) is 0. The number of aryl methyl sites for hydroxylation is 1. The highest BCUT2D eigenvalue weighted by atomic mass is 16.5. The summed E-state index contributed by atoms with van der Waals surface area (Å²) in [5, 5.41) is 11.8. The van der Waals surface area contributed by atoms with Gasteiger partial charge in [-0.3, -0.25) is 9.89 Å². The number of nitrogens with one attached hydrogen (secondary N) is 1. The zero-order chi connectivity index (χ0) is 21.7. The van der Waals surface area contributed by atoms with E-state index >= 15 is 0 Å². The Balaban J connectivity index is 1.51. The topological polar surface area (TPSA) is 70.8 Å². The van der Waals surface area contributed by atoms with E-state index in [1.54, 1.807) is 0 Å². The summed E-state index contributed by atoms with van der Waals surface area (Å²) < 4.78 is 7.57. The van der Waals surface area contributed by atoms with Crippen molar-refractivity contribution in [2.24, 2.45) is 4.99 Å². The molecule has 170 valence electrons. The predicted molar refractivity (Wildman–Crippen MR) is 124 cm³/mol. The van der Waals surface area contributed by atoms with Gasteiger partial charge in [0.25, 0.3) is 0 Å². The van der Waals surface area contributed by atoms with E-state index < -0.39 is 0 Å². The van der Waals surface area contributed by atoms with Gasteiger partial charge in [0.15, 0.2) is 5.96 Å². The second kappa shape index (κ2) is 13.1. The van der Waals surface area contributed by atoms with E-state index in [-0.39, 0.29) is 0 Å². The third-order valence-corrected chi connectivity index (χ3v) is 5.48. The van der Waals surface area contributed by atoms with Gasteiger partial charge in [-0.15, -0.1) is 10.2 Å². The zero-order valence-electron chi connectivity index (χ0n) is 19.0. The molecule has 8 heteroatoms. The fourth-order valence-electron chi connectivity index (χ4n) is 3.75. The van der Waals surface area contributed by atoms with Gasteiger partial charge >= 0.3 is 0 Å². The van der Waals surface area contributed by atoms with Crippen molar-refractivity contribution in [1.29, 1.82) is 0 Å². The summed E-state index contributed by atoms with van der Waals surface area (Å²) in [5.74, 6) is 2.02. The Morgan fingerprint density at radius 3 is 2.68 bits per heavy atom. The quantitative estimate of drug-likeness (QED) is 0.336. The highest BCUT2D eigenvalue weighted by molar-refractivity contribution is 5.80. The standard InChI is InChI=1S/C23H37N7O/c1-3-22-27-26-20-30(22)13-12-25-23(24-11-8-18-31-4-2)29-16-14-28(15-17-29)19-21-9-6-5-7-10-21/h5-7,9-10,20H,3-4,8,11-19H2,1-2H3,(H,24,25). The summed E-state index contributed by atoms with van der Waals surface area (Å²) in [4.78, 5) is 9.78. The van der Waals surface area contributed by atoms with Crippen molar-refractivity contribution >= 4 is 5.96 Å². The van der Waals surface area contributed by atoms with Gasteiger partial charge in [-0.2, -0.15) is 0 Å². The summed E-state index contributed by atoms with van der Waals surface area (Å²) in [5.41, 5.74) is 1.37. The molecule has 0 amide bonds. The van der Waals surface area contributed by atoms with Crippen molar-refractivity contribution in [3.8, 4) is 0 Å². The van der Waals surface area contributed by atoms with Gasteiger partial charge in [0.05, 0.1) is 0 Å². The van der Waals surface area contributed by atoms with Crippen LogP contribution in [0.5, 0.6) is 0 Å². The first-order chi connectivity index (χ1) is 15.3. The Bertz CT molecular complexity index is 769. The van der Waals surface area contributed by atoms with Gasteiger partial charge in [0.1, 0.15) is 12.2 Å². The molecule has 3 rings (SSSR count). The van der Waals surface area contributed by atoms with Crippen molar-refractivity contribution in [2.75, 3.05) is 52.5 Å². The molecule has 0 atom stereocenters. The van der Waals surface area contributed by atoms with Crippen LogP contribution in [0.2, 0.25) is 0 Å². The Morgan fingerprint density at radius 2 is 1.94 bits per heavy atom. The molecule has 1 saturated heterocycles. The molecule has 2 aromatic rings. The second-order valence-corrected chi connectivity index (χ2v) is 7.73. The van der Waals surface area contributed by atoms with Crippen LogP contribution in [0.15, 0.2) is 41.7 Å². The molecule has 1 aliphatic heterocycles. The molecule has 1 N–H and O–H groups in total. The number of hydrogen-bond donors (Lipinski definition) is 1. The van der Waals surface area contributed by atoms with Crippen molar-refractivity contribution in [1.82, 2.24) is 29.9 Å². The average Bonchev–Trinajstić information content (AvgIpc) is 3.26. The zero-order valence-corrected chi connectivity index (χ0v) is 19.0. The number of ether oxygens (including phenoxy) is 1. The van der Waals surface area contributed by atoms with Gasteiger partial charge in [0.2, 0.25) is 0 Å². The number of benzene rings is 1. The largest absolute Gasteiger partial charge is 0.382 e. The van der Waals surface area contributed by atoms with Crippen LogP contribution in [0.25, 0.3) is 0 Å². The summed E-state index contributed by atoms with van der Waals surface area (Å²) in [6.45, 7) is 13.1. The monoisotopic (exact) mass is 427 g/mol. The summed E-state index contributed by atoms with van der Waals surface area (Å²) in [6, 6.07) is 10.7. The van der Waals surface area contributed by atoms with Crippen LogP contribution in [-0.4, -0.2) is 83.0 Å². The van der Waals surface area contributed by atoms with Gasteiger partial charge < -0.3 is 19.5 Å². The van der Waals surface area contributed by atoms with Crippen LogP contribution in [0, 0.1) is 0 Å². The van der Waals surface area contributed by atoms with Crippen molar-refractivity contribution < 1.29 is 4.74 Å². The van der Waals surface area contributed by atoms with Crippen LogP contribution >= 0.6 is 0 Å². The fraction of sp³-hybridized carbons (Fsp3) is 0.609. The number of piperazine rings is 1. The Hall–Kier alpha value is -2.45. The molecule has 0 radical (unpaired) electrons. The smallest absolute Gasteiger partial charge is 0.194 e. The van der Waals surface area contributed by atoms with Crippen LogP contribution in [0.1, 0.15) is 31.7 Å². The number of aromatic nitrogens is 3.